The third kappa shape index (κ3) is 3.09. The van der Waals surface area contributed by atoms with Crippen LogP contribution < -0.4 is 0 Å². The number of hydrogen-bond donors (Lipinski definition) is 0. The number of rotatable bonds is 4. The first-order valence-corrected chi connectivity index (χ1v) is 7.27. The number of thioether (sulfide) groups is 1. The molecule has 0 amide bonds. The third-order valence-electron chi connectivity index (χ3n) is 2.89. The van der Waals surface area contributed by atoms with Crippen LogP contribution in [-0.4, -0.2) is 25.5 Å². The summed E-state index contributed by atoms with van der Waals surface area (Å²) in [4.78, 5) is 4.03. The zero-order valence-electron chi connectivity index (χ0n) is 11.0. The monoisotopic (exact) mass is 293 g/mol. The fourth-order valence-electron chi connectivity index (χ4n) is 1.87. The summed E-state index contributed by atoms with van der Waals surface area (Å²) in [7, 11) is 0. The molecule has 0 aliphatic rings. The van der Waals surface area contributed by atoms with Gasteiger partial charge in [0.2, 0.25) is 0 Å². The smallest absolute Gasteiger partial charge is 0.120 e. The Bertz CT molecular complexity index is 742. The van der Waals surface area contributed by atoms with Gasteiger partial charge in [-0.3, -0.25) is 0 Å². The van der Waals surface area contributed by atoms with Crippen LogP contribution in [0, 0.1) is 11.3 Å². The van der Waals surface area contributed by atoms with Gasteiger partial charge in [-0.05, 0) is 24.3 Å². The van der Waals surface area contributed by atoms with Crippen molar-refractivity contribution < 1.29 is 0 Å². The molecule has 0 N–H and O–H groups in total. The molecule has 6 heteroatoms. The molecule has 0 aliphatic heterocycles. The van der Waals surface area contributed by atoms with E-state index in [9.17, 15) is 0 Å². The second kappa shape index (κ2) is 6.20. The lowest BCUT2D eigenvalue weighted by atomic mass is 10.1. The van der Waals surface area contributed by atoms with Gasteiger partial charge in [0.25, 0.3) is 0 Å². The summed E-state index contributed by atoms with van der Waals surface area (Å²) in [5.74, 6) is 0.383. The SMILES string of the molecule is N#CCSc1ccc(-c2ccc(-n3ccnc3)cc2)nn1. The van der Waals surface area contributed by atoms with Gasteiger partial charge >= 0.3 is 0 Å². The first-order chi connectivity index (χ1) is 10.4. The Balaban J connectivity index is 1.79. The molecule has 1 aromatic carbocycles. The van der Waals surface area contributed by atoms with E-state index in [4.69, 9.17) is 5.26 Å². The van der Waals surface area contributed by atoms with Gasteiger partial charge in [0, 0.05) is 23.6 Å². The predicted octanol–water partition coefficient (Wildman–Crippen LogP) is 2.94. The minimum Gasteiger partial charge on any atom is -0.306 e. The third-order valence-corrected chi connectivity index (χ3v) is 3.68. The van der Waals surface area contributed by atoms with Gasteiger partial charge in [0.05, 0.1) is 23.8 Å². The van der Waals surface area contributed by atoms with E-state index >= 15 is 0 Å². The van der Waals surface area contributed by atoms with Crippen molar-refractivity contribution in [2.45, 2.75) is 5.03 Å². The van der Waals surface area contributed by atoms with E-state index in [0.29, 0.717) is 5.75 Å². The molecule has 21 heavy (non-hydrogen) atoms. The second-order valence-electron chi connectivity index (χ2n) is 4.22. The predicted molar refractivity (Wildman–Crippen MR) is 80.9 cm³/mol. The molecule has 0 aliphatic carbocycles. The van der Waals surface area contributed by atoms with Crippen molar-refractivity contribution in [2.75, 3.05) is 5.75 Å². The molecule has 5 nitrogen and oxygen atoms in total. The number of aromatic nitrogens is 4. The maximum atomic E-state index is 8.54. The average Bonchev–Trinajstić information content (AvgIpc) is 3.08. The van der Waals surface area contributed by atoms with Gasteiger partial charge < -0.3 is 4.57 Å². The standard InChI is InChI=1S/C15H11N5S/c16-7-10-21-15-6-5-14(18-19-15)12-1-3-13(4-2-12)20-9-8-17-11-20/h1-6,8-9,11H,10H2. The molecule has 102 valence electrons. The Morgan fingerprint density at radius 3 is 2.57 bits per heavy atom. The fraction of sp³-hybridized carbons (Fsp3) is 0.0667. The van der Waals surface area contributed by atoms with Gasteiger partial charge in [-0.2, -0.15) is 5.26 Å². The summed E-state index contributed by atoms with van der Waals surface area (Å²) in [6.07, 6.45) is 5.41. The first kappa shape index (κ1) is 13.3. The normalized spacial score (nSPS) is 10.2. The van der Waals surface area contributed by atoms with Gasteiger partial charge in [-0.25, -0.2) is 4.98 Å². The summed E-state index contributed by atoms with van der Waals surface area (Å²) >= 11 is 1.38. The van der Waals surface area contributed by atoms with Gasteiger partial charge in [-0.1, -0.05) is 23.9 Å². The van der Waals surface area contributed by atoms with Gasteiger partial charge in [0.1, 0.15) is 5.03 Å². The van der Waals surface area contributed by atoms with Crippen LogP contribution in [0.1, 0.15) is 0 Å². The van der Waals surface area contributed by atoms with Crippen molar-refractivity contribution in [3.63, 3.8) is 0 Å². The van der Waals surface area contributed by atoms with Crippen LogP contribution in [0.2, 0.25) is 0 Å². The van der Waals surface area contributed by atoms with Crippen molar-refractivity contribution in [3.8, 4) is 23.0 Å². The molecule has 0 atom stereocenters. The molecular formula is C15H11N5S. The van der Waals surface area contributed by atoms with Crippen LogP contribution in [0.15, 0.2) is 60.1 Å². The summed E-state index contributed by atoms with van der Waals surface area (Å²) in [6.45, 7) is 0. The summed E-state index contributed by atoms with van der Waals surface area (Å²) in [6, 6.07) is 13.9. The largest absolute Gasteiger partial charge is 0.306 e. The van der Waals surface area contributed by atoms with Crippen LogP contribution in [0.25, 0.3) is 16.9 Å². The van der Waals surface area contributed by atoms with Crippen LogP contribution in [0.3, 0.4) is 0 Å². The molecule has 0 saturated heterocycles. The molecule has 0 saturated carbocycles. The molecule has 3 aromatic rings. The highest BCUT2D eigenvalue weighted by molar-refractivity contribution is 7.99. The van der Waals surface area contributed by atoms with Crippen molar-refractivity contribution in [1.82, 2.24) is 19.7 Å². The van der Waals surface area contributed by atoms with Crippen LogP contribution in [-0.2, 0) is 0 Å². The number of hydrogen-bond acceptors (Lipinski definition) is 5. The van der Waals surface area contributed by atoms with Crippen LogP contribution in [0.5, 0.6) is 0 Å². The van der Waals surface area contributed by atoms with E-state index in [1.165, 1.54) is 11.8 Å². The fourth-order valence-corrected chi connectivity index (χ4v) is 2.35. The zero-order chi connectivity index (χ0) is 14.5. The highest BCUT2D eigenvalue weighted by atomic mass is 32.2. The Morgan fingerprint density at radius 1 is 1.10 bits per heavy atom. The minimum absolute atomic E-state index is 0.383. The molecule has 0 radical (unpaired) electrons. The van der Waals surface area contributed by atoms with E-state index in [0.717, 1.165) is 22.0 Å². The Labute approximate surface area is 126 Å². The molecule has 0 unspecified atom stereocenters. The second-order valence-corrected chi connectivity index (χ2v) is 5.22. The number of nitriles is 1. The number of imidazole rings is 1. The van der Waals surface area contributed by atoms with E-state index in [1.54, 1.807) is 12.5 Å². The molecule has 0 fully saturated rings. The lowest BCUT2D eigenvalue weighted by molar-refractivity contribution is 0.936. The Hall–Kier alpha value is -2.65. The van der Waals surface area contributed by atoms with E-state index < -0.39 is 0 Å². The van der Waals surface area contributed by atoms with E-state index in [-0.39, 0.29) is 0 Å². The summed E-state index contributed by atoms with van der Waals surface area (Å²) in [5, 5.41) is 17.6. The Morgan fingerprint density at radius 2 is 1.95 bits per heavy atom. The van der Waals surface area contributed by atoms with E-state index in [2.05, 4.69) is 21.3 Å². The zero-order valence-corrected chi connectivity index (χ0v) is 11.9. The van der Waals surface area contributed by atoms with Crippen molar-refractivity contribution in [1.29, 1.82) is 5.26 Å². The highest BCUT2D eigenvalue weighted by Gasteiger charge is 2.02. The molecule has 0 bridgehead atoms. The highest BCUT2D eigenvalue weighted by Crippen LogP contribution is 2.21. The molecule has 0 spiro atoms. The topological polar surface area (TPSA) is 67.4 Å². The number of nitrogens with zero attached hydrogens (tertiary/aromatic N) is 5. The average molecular weight is 293 g/mol. The van der Waals surface area contributed by atoms with Crippen LogP contribution >= 0.6 is 11.8 Å². The van der Waals surface area contributed by atoms with Gasteiger partial charge in [0.15, 0.2) is 0 Å². The van der Waals surface area contributed by atoms with E-state index in [1.807, 2.05) is 47.2 Å². The van der Waals surface area contributed by atoms with Crippen molar-refractivity contribution in [2.24, 2.45) is 0 Å². The lowest BCUT2D eigenvalue weighted by Gasteiger charge is -2.04. The Kier molecular flexibility index (Phi) is 3.94. The maximum absolute atomic E-state index is 8.54. The van der Waals surface area contributed by atoms with Crippen molar-refractivity contribution in [3.05, 3.63) is 55.1 Å². The number of benzene rings is 1. The van der Waals surface area contributed by atoms with Crippen molar-refractivity contribution >= 4 is 11.8 Å². The molecule has 3 rings (SSSR count). The lowest BCUT2D eigenvalue weighted by Crippen LogP contribution is -1.92. The molecule has 2 heterocycles. The first-order valence-electron chi connectivity index (χ1n) is 6.29. The van der Waals surface area contributed by atoms with Crippen LogP contribution in [0.4, 0.5) is 0 Å². The van der Waals surface area contributed by atoms with Gasteiger partial charge in [-0.15, -0.1) is 10.2 Å². The molecule has 2 aromatic heterocycles. The molecular weight excluding hydrogens is 282 g/mol. The minimum atomic E-state index is 0.383. The quantitative estimate of drug-likeness (QED) is 0.692. The maximum Gasteiger partial charge on any atom is 0.120 e. The summed E-state index contributed by atoms with van der Waals surface area (Å²) < 4.78 is 1.94. The summed E-state index contributed by atoms with van der Waals surface area (Å²) in [5.41, 5.74) is 2.86.